The Kier molecular flexibility index (Phi) is 4.69. The van der Waals surface area contributed by atoms with Crippen LogP contribution >= 0.6 is 11.3 Å². The first-order chi connectivity index (χ1) is 13.1. The number of sulfonamides is 1. The van der Waals surface area contributed by atoms with Crippen LogP contribution in [0.1, 0.15) is 11.5 Å². The first kappa shape index (κ1) is 17.4. The summed E-state index contributed by atoms with van der Waals surface area (Å²) in [5.41, 5.74) is 1.96. The molecule has 0 saturated carbocycles. The molecule has 1 N–H and O–H groups in total. The van der Waals surface area contributed by atoms with Gasteiger partial charge >= 0.3 is 0 Å². The summed E-state index contributed by atoms with van der Waals surface area (Å²) in [6, 6.07) is 14.0. The van der Waals surface area contributed by atoms with Crippen LogP contribution in [-0.4, -0.2) is 23.5 Å². The Labute approximate surface area is 159 Å². The topological polar surface area (TPSA) is 98.0 Å². The number of hydrogen-bond acceptors (Lipinski definition) is 7. The number of para-hydroxylation sites is 1. The molecule has 0 atom stereocenters. The molecular formula is C18H14N4O3S2. The van der Waals surface area contributed by atoms with Crippen molar-refractivity contribution >= 4 is 27.0 Å². The lowest BCUT2D eigenvalue weighted by Crippen LogP contribution is -2.13. The zero-order valence-electron chi connectivity index (χ0n) is 13.9. The normalized spacial score (nSPS) is 11.4. The highest BCUT2D eigenvalue weighted by molar-refractivity contribution is 7.94. The average Bonchev–Trinajstić information content (AvgIpc) is 3.36. The summed E-state index contributed by atoms with van der Waals surface area (Å²) in [4.78, 5) is 8.41. The molecule has 0 saturated heterocycles. The third kappa shape index (κ3) is 3.88. The van der Waals surface area contributed by atoms with Crippen LogP contribution in [-0.2, 0) is 16.4 Å². The lowest BCUT2D eigenvalue weighted by molar-refractivity contribution is 0.386. The van der Waals surface area contributed by atoms with Crippen molar-refractivity contribution in [3.8, 4) is 11.4 Å². The number of benzene rings is 1. The quantitative estimate of drug-likeness (QED) is 0.533. The van der Waals surface area contributed by atoms with E-state index in [-0.39, 0.29) is 4.21 Å². The van der Waals surface area contributed by atoms with Crippen molar-refractivity contribution in [2.45, 2.75) is 10.6 Å². The Morgan fingerprint density at radius 1 is 1.07 bits per heavy atom. The Balaban J connectivity index is 1.58. The minimum Gasteiger partial charge on any atom is -0.339 e. The summed E-state index contributed by atoms with van der Waals surface area (Å²) in [5.74, 6) is 0.825. The van der Waals surface area contributed by atoms with Crippen molar-refractivity contribution in [2.24, 2.45) is 0 Å². The second kappa shape index (κ2) is 7.29. The molecule has 3 heterocycles. The first-order valence-electron chi connectivity index (χ1n) is 7.99. The summed E-state index contributed by atoms with van der Waals surface area (Å²) in [7, 11) is -3.63. The van der Waals surface area contributed by atoms with Gasteiger partial charge in [0.15, 0.2) is 0 Å². The van der Waals surface area contributed by atoms with Gasteiger partial charge in [0.1, 0.15) is 4.21 Å². The number of anilines is 1. The standard InChI is InChI=1S/C18H14N4O3S2/c23-27(24,17-8-4-10-26-17)22-15-7-2-1-5-13(15)11-16-20-18(21-25-16)14-6-3-9-19-12-14/h1-10,12,22H,11H2. The Morgan fingerprint density at radius 2 is 1.96 bits per heavy atom. The maximum atomic E-state index is 12.5. The molecule has 27 heavy (non-hydrogen) atoms. The van der Waals surface area contributed by atoms with Gasteiger partial charge in [0.25, 0.3) is 10.0 Å². The molecule has 1 aromatic carbocycles. The van der Waals surface area contributed by atoms with Crippen LogP contribution in [0.5, 0.6) is 0 Å². The molecule has 4 rings (SSSR count). The highest BCUT2D eigenvalue weighted by atomic mass is 32.2. The molecule has 4 aromatic rings. The number of nitrogens with one attached hydrogen (secondary N) is 1. The van der Waals surface area contributed by atoms with Crippen molar-refractivity contribution < 1.29 is 12.9 Å². The molecule has 9 heteroatoms. The molecule has 0 bridgehead atoms. The van der Waals surface area contributed by atoms with Crippen LogP contribution in [0.4, 0.5) is 5.69 Å². The predicted molar refractivity (Wildman–Crippen MR) is 102 cm³/mol. The zero-order chi connectivity index (χ0) is 18.7. The summed E-state index contributed by atoms with van der Waals surface area (Å²) in [6.07, 6.45) is 3.62. The molecule has 0 fully saturated rings. The maximum Gasteiger partial charge on any atom is 0.271 e. The summed E-state index contributed by atoms with van der Waals surface area (Å²) >= 11 is 1.16. The van der Waals surface area contributed by atoms with E-state index in [0.29, 0.717) is 23.8 Å². The van der Waals surface area contributed by atoms with E-state index in [1.165, 1.54) is 0 Å². The van der Waals surface area contributed by atoms with Gasteiger partial charge in [-0.1, -0.05) is 29.4 Å². The Morgan fingerprint density at radius 3 is 2.74 bits per heavy atom. The zero-order valence-corrected chi connectivity index (χ0v) is 15.6. The van der Waals surface area contributed by atoms with Gasteiger partial charge in [0, 0.05) is 18.0 Å². The van der Waals surface area contributed by atoms with E-state index in [1.54, 1.807) is 48.1 Å². The van der Waals surface area contributed by atoms with E-state index in [0.717, 1.165) is 22.5 Å². The second-order valence-corrected chi connectivity index (χ2v) is 8.48. The number of nitrogens with zero attached hydrogens (tertiary/aromatic N) is 3. The van der Waals surface area contributed by atoms with Gasteiger partial charge in [-0.3, -0.25) is 9.71 Å². The molecule has 7 nitrogen and oxygen atoms in total. The molecule has 136 valence electrons. The van der Waals surface area contributed by atoms with Crippen molar-refractivity contribution in [2.75, 3.05) is 4.72 Å². The third-order valence-corrected chi connectivity index (χ3v) is 6.51. The lowest BCUT2D eigenvalue weighted by Gasteiger charge is -2.10. The number of aromatic nitrogens is 3. The van der Waals surface area contributed by atoms with Crippen LogP contribution in [0.15, 0.2) is 75.0 Å². The van der Waals surface area contributed by atoms with E-state index in [9.17, 15) is 8.42 Å². The predicted octanol–water partition coefficient (Wildman–Crippen LogP) is 3.58. The van der Waals surface area contributed by atoms with E-state index in [1.807, 2.05) is 18.2 Å². The van der Waals surface area contributed by atoms with Crippen LogP contribution in [0.25, 0.3) is 11.4 Å². The molecule has 0 radical (unpaired) electrons. The molecule has 0 aliphatic carbocycles. The Hall–Kier alpha value is -3.04. The number of hydrogen-bond donors (Lipinski definition) is 1. The van der Waals surface area contributed by atoms with E-state index in [2.05, 4.69) is 19.8 Å². The largest absolute Gasteiger partial charge is 0.339 e. The molecule has 0 amide bonds. The van der Waals surface area contributed by atoms with Gasteiger partial charge < -0.3 is 4.52 Å². The van der Waals surface area contributed by atoms with Gasteiger partial charge in [-0.25, -0.2) is 8.42 Å². The van der Waals surface area contributed by atoms with E-state index < -0.39 is 10.0 Å². The lowest BCUT2D eigenvalue weighted by atomic mass is 10.1. The van der Waals surface area contributed by atoms with Gasteiger partial charge in [0.2, 0.25) is 11.7 Å². The minimum absolute atomic E-state index is 0.258. The summed E-state index contributed by atoms with van der Waals surface area (Å²) < 4.78 is 33.2. The number of thiophene rings is 1. The monoisotopic (exact) mass is 398 g/mol. The summed E-state index contributed by atoms with van der Waals surface area (Å²) in [5, 5.41) is 5.69. The van der Waals surface area contributed by atoms with Crippen molar-refractivity contribution in [1.29, 1.82) is 0 Å². The first-order valence-corrected chi connectivity index (χ1v) is 10.4. The smallest absolute Gasteiger partial charge is 0.271 e. The maximum absolute atomic E-state index is 12.5. The number of rotatable bonds is 6. The molecule has 0 aliphatic heterocycles. The van der Waals surface area contributed by atoms with Crippen LogP contribution < -0.4 is 4.72 Å². The van der Waals surface area contributed by atoms with Gasteiger partial charge in [-0.15, -0.1) is 11.3 Å². The van der Waals surface area contributed by atoms with Crippen LogP contribution in [0, 0.1) is 0 Å². The van der Waals surface area contributed by atoms with Gasteiger partial charge in [-0.2, -0.15) is 4.98 Å². The Bertz CT molecular complexity index is 1140. The van der Waals surface area contributed by atoms with Crippen molar-refractivity contribution in [3.63, 3.8) is 0 Å². The number of pyridine rings is 1. The molecule has 0 spiro atoms. The highest BCUT2D eigenvalue weighted by Crippen LogP contribution is 2.25. The molecule has 0 aliphatic rings. The second-order valence-electron chi connectivity index (χ2n) is 5.62. The van der Waals surface area contributed by atoms with E-state index in [4.69, 9.17) is 4.52 Å². The highest BCUT2D eigenvalue weighted by Gasteiger charge is 2.18. The SMILES string of the molecule is O=S(=O)(Nc1ccccc1Cc1nc(-c2cccnc2)no1)c1cccs1. The summed E-state index contributed by atoms with van der Waals surface area (Å²) in [6.45, 7) is 0. The fourth-order valence-corrected chi connectivity index (χ4v) is 4.58. The molecule has 3 aromatic heterocycles. The van der Waals surface area contributed by atoms with Crippen molar-refractivity contribution in [3.05, 3.63) is 77.8 Å². The fourth-order valence-electron chi connectivity index (χ4n) is 2.49. The third-order valence-electron chi connectivity index (χ3n) is 3.75. The van der Waals surface area contributed by atoms with E-state index >= 15 is 0 Å². The van der Waals surface area contributed by atoms with Crippen LogP contribution in [0.2, 0.25) is 0 Å². The van der Waals surface area contributed by atoms with Gasteiger partial charge in [0.05, 0.1) is 12.1 Å². The minimum atomic E-state index is -3.63. The van der Waals surface area contributed by atoms with Crippen LogP contribution in [0.3, 0.4) is 0 Å². The molecule has 0 unspecified atom stereocenters. The van der Waals surface area contributed by atoms with Crippen molar-refractivity contribution in [1.82, 2.24) is 15.1 Å². The molecular weight excluding hydrogens is 384 g/mol. The van der Waals surface area contributed by atoms with Gasteiger partial charge in [-0.05, 0) is 35.2 Å². The average molecular weight is 398 g/mol. The fraction of sp³-hybridized carbons (Fsp3) is 0.0556.